The number of sulfonamides is 1. The van der Waals surface area contributed by atoms with Crippen LogP contribution in [0.5, 0.6) is 0 Å². The first-order chi connectivity index (χ1) is 16.4. The number of nitrogens with one attached hydrogen (secondary N) is 1. The lowest BCUT2D eigenvalue weighted by Crippen LogP contribution is -2.35. The van der Waals surface area contributed by atoms with Crippen LogP contribution in [0.3, 0.4) is 0 Å². The fourth-order valence-corrected chi connectivity index (χ4v) is 6.06. The van der Waals surface area contributed by atoms with E-state index in [9.17, 15) is 13.2 Å². The number of amides is 1. The van der Waals surface area contributed by atoms with E-state index in [1.165, 1.54) is 4.31 Å². The Labute approximate surface area is 200 Å². The number of rotatable bonds is 5. The predicted molar refractivity (Wildman–Crippen MR) is 137 cm³/mol. The van der Waals surface area contributed by atoms with Crippen molar-refractivity contribution in [1.82, 2.24) is 0 Å². The van der Waals surface area contributed by atoms with Crippen molar-refractivity contribution in [3.05, 3.63) is 102 Å². The predicted octanol–water partition coefficient (Wildman–Crippen LogP) is 5.47. The van der Waals surface area contributed by atoms with Gasteiger partial charge in [-0.05, 0) is 65.9 Å². The van der Waals surface area contributed by atoms with Crippen molar-refractivity contribution in [2.75, 3.05) is 16.2 Å². The second-order valence-electron chi connectivity index (χ2n) is 8.70. The molecule has 172 valence electrons. The molecule has 0 saturated carbocycles. The van der Waals surface area contributed by atoms with E-state index in [4.69, 9.17) is 0 Å². The molecule has 5 nitrogen and oxygen atoms in total. The van der Waals surface area contributed by atoms with E-state index < -0.39 is 10.0 Å². The molecule has 0 fully saturated rings. The van der Waals surface area contributed by atoms with Crippen molar-refractivity contribution < 1.29 is 13.2 Å². The molecule has 4 aromatic carbocycles. The summed E-state index contributed by atoms with van der Waals surface area (Å²) in [5.74, 6) is -0.139. The maximum Gasteiger partial charge on any atom is 0.264 e. The topological polar surface area (TPSA) is 66.5 Å². The van der Waals surface area contributed by atoms with E-state index in [-0.39, 0.29) is 17.2 Å². The third kappa shape index (κ3) is 4.29. The Hall–Kier alpha value is -3.64. The molecule has 6 heteroatoms. The van der Waals surface area contributed by atoms with E-state index in [2.05, 4.69) is 5.32 Å². The van der Waals surface area contributed by atoms with Crippen LogP contribution in [-0.2, 0) is 27.7 Å². The Kier molecular flexibility index (Phi) is 5.84. The third-order valence-corrected chi connectivity index (χ3v) is 8.11. The van der Waals surface area contributed by atoms with Crippen LogP contribution in [0.15, 0.2) is 89.8 Å². The zero-order chi connectivity index (χ0) is 23.7. The SMILES string of the molecule is Cc1ccc(S(=O)(=O)N2CCCc3ccc(NC(=O)Cc4cccc5ccccc45)cc32)cc1. The van der Waals surface area contributed by atoms with Crippen molar-refractivity contribution in [3.8, 4) is 0 Å². The normalized spacial score (nSPS) is 13.5. The molecule has 34 heavy (non-hydrogen) atoms. The number of nitrogens with zero attached hydrogens (tertiary/aromatic N) is 1. The van der Waals surface area contributed by atoms with Crippen molar-refractivity contribution in [3.63, 3.8) is 0 Å². The molecule has 1 aliphatic heterocycles. The van der Waals surface area contributed by atoms with Crippen LogP contribution in [0.25, 0.3) is 10.8 Å². The Bertz CT molecular complexity index is 1470. The van der Waals surface area contributed by atoms with Crippen LogP contribution < -0.4 is 9.62 Å². The smallest absolute Gasteiger partial charge is 0.264 e. The Balaban J connectivity index is 1.41. The molecule has 1 aliphatic rings. The van der Waals surface area contributed by atoms with E-state index in [0.717, 1.165) is 40.3 Å². The lowest BCUT2D eigenvalue weighted by Gasteiger charge is -2.31. The summed E-state index contributed by atoms with van der Waals surface area (Å²) in [7, 11) is -3.69. The van der Waals surface area contributed by atoms with Gasteiger partial charge in [-0.3, -0.25) is 9.10 Å². The quantitative estimate of drug-likeness (QED) is 0.421. The zero-order valence-corrected chi connectivity index (χ0v) is 19.8. The molecular weight excluding hydrogens is 444 g/mol. The standard InChI is InChI=1S/C28H26N2O3S/c1-20-11-15-25(16-12-20)34(32,33)30-17-5-9-22-13-14-24(19-27(22)30)29-28(31)18-23-8-4-7-21-6-2-3-10-26(21)23/h2-4,6-8,10-16,19H,5,9,17-18H2,1H3,(H,29,31). The van der Waals surface area contributed by atoms with Gasteiger partial charge in [0.05, 0.1) is 17.0 Å². The van der Waals surface area contributed by atoms with E-state index >= 15 is 0 Å². The number of hydrogen-bond acceptors (Lipinski definition) is 3. The number of fused-ring (bicyclic) bond motifs is 2. The lowest BCUT2D eigenvalue weighted by molar-refractivity contribution is -0.115. The van der Waals surface area contributed by atoms with E-state index in [1.807, 2.05) is 73.7 Å². The van der Waals surface area contributed by atoms with Gasteiger partial charge in [0.2, 0.25) is 5.91 Å². The second kappa shape index (κ2) is 8.95. The number of aryl methyl sites for hydroxylation is 2. The summed E-state index contributed by atoms with van der Waals surface area (Å²) in [6, 6.07) is 26.4. The molecule has 1 heterocycles. The van der Waals surface area contributed by atoms with Crippen LogP contribution in [-0.4, -0.2) is 20.9 Å². The van der Waals surface area contributed by atoms with Crippen LogP contribution in [0.2, 0.25) is 0 Å². The van der Waals surface area contributed by atoms with Gasteiger partial charge in [-0.2, -0.15) is 0 Å². The number of carbonyl (C=O) groups excluding carboxylic acids is 1. The summed E-state index contributed by atoms with van der Waals surface area (Å²) in [6.07, 6.45) is 1.80. The number of carbonyl (C=O) groups is 1. The first-order valence-electron chi connectivity index (χ1n) is 11.4. The molecule has 4 aromatic rings. The zero-order valence-electron chi connectivity index (χ0n) is 19.0. The maximum atomic E-state index is 13.4. The van der Waals surface area contributed by atoms with Crippen molar-refractivity contribution in [2.24, 2.45) is 0 Å². The third-order valence-electron chi connectivity index (χ3n) is 6.28. The minimum atomic E-state index is -3.69. The van der Waals surface area contributed by atoms with Crippen LogP contribution >= 0.6 is 0 Å². The number of anilines is 2. The highest BCUT2D eigenvalue weighted by Gasteiger charge is 2.29. The van der Waals surface area contributed by atoms with Crippen molar-refractivity contribution in [1.29, 1.82) is 0 Å². The summed E-state index contributed by atoms with van der Waals surface area (Å²) in [6.45, 7) is 2.34. The molecule has 0 radical (unpaired) electrons. The monoisotopic (exact) mass is 470 g/mol. The summed E-state index contributed by atoms with van der Waals surface area (Å²) < 4.78 is 28.3. The highest BCUT2D eigenvalue weighted by Crippen LogP contribution is 2.34. The molecule has 0 spiro atoms. The molecule has 0 aromatic heterocycles. The number of hydrogen-bond donors (Lipinski definition) is 1. The van der Waals surface area contributed by atoms with Gasteiger partial charge in [0.15, 0.2) is 0 Å². The molecule has 0 saturated heterocycles. The van der Waals surface area contributed by atoms with Gasteiger partial charge >= 0.3 is 0 Å². The van der Waals surface area contributed by atoms with Crippen molar-refractivity contribution in [2.45, 2.75) is 31.1 Å². The minimum Gasteiger partial charge on any atom is -0.326 e. The van der Waals surface area contributed by atoms with Crippen LogP contribution in [0.4, 0.5) is 11.4 Å². The molecule has 0 atom stereocenters. The second-order valence-corrected chi connectivity index (χ2v) is 10.6. The minimum absolute atomic E-state index is 0.139. The molecular formula is C28H26N2O3S. The average Bonchev–Trinajstić information content (AvgIpc) is 2.84. The molecule has 5 rings (SSSR count). The van der Waals surface area contributed by atoms with Gasteiger partial charge in [-0.15, -0.1) is 0 Å². The fourth-order valence-electron chi connectivity index (χ4n) is 4.53. The highest BCUT2D eigenvalue weighted by atomic mass is 32.2. The summed E-state index contributed by atoms with van der Waals surface area (Å²) in [5.41, 5.74) is 4.16. The largest absolute Gasteiger partial charge is 0.326 e. The molecule has 1 N–H and O–H groups in total. The van der Waals surface area contributed by atoms with E-state index in [1.54, 1.807) is 18.2 Å². The summed E-state index contributed by atoms with van der Waals surface area (Å²) >= 11 is 0. The summed E-state index contributed by atoms with van der Waals surface area (Å²) in [5, 5.41) is 5.12. The van der Waals surface area contributed by atoms with E-state index in [0.29, 0.717) is 17.9 Å². The molecule has 1 amide bonds. The first-order valence-corrected chi connectivity index (χ1v) is 12.8. The van der Waals surface area contributed by atoms with Gasteiger partial charge in [0, 0.05) is 12.2 Å². The van der Waals surface area contributed by atoms with Gasteiger partial charge in [-0.25, -0.2) is 8.42 Å². The molecule has 0 bridgehead atoms. The molecule has 0 aliphatic carbocycles. The van der Waals surface area contributed by atoms with Crippen molar-refractivity contribution >= 4 is 38.1 Å². The van der Waals surface area contributed by atoms with Crippen LogP contribution in [0.1, 0.15) is 23.1 Å². The lowest BCUT2D eigenvalue weighted by atomic mass is 10.0. The highest BCUT2D eigenvalue weighted by molar-refractivity contribution is 7.92. The maximum absolute atomic E-state index is 13.4. The van der Waals surface area contributed by atoms with Gasteiger partial charge in [0.1, 0.15) is 0 Å². The average molecular weight is 471 g/mol. The Morgan fingerprint density at radius 1 is 0.941 bits per heavy atom. The molecule has 0 unspecified atom stereocenters. The van der Waals surface area contributed by atoms with Gasteiger partial charge < -0.3 is 5.32 Å². The van der Waals surface area contributed by atoms with Crippen LogP contribution in [0, 0.1) is 6.92 Å². The van der Waals surface area contributed by atoms with Gasteiger partial charge in [-0.1, -0.05) is 66.2 Å². The summed E-state index contributed by atoms with van der Waals surface area (Å²) in [4.78, 5) is 13.2. The Morgan fingerprint density at radius 2 is 1.71 bits per heavy atom. The first kappa shape index (κ1) is 22.2. The number of benzene rings is 4. The fraction of sp³-hybridized carbons (Fsp3) is 0.179. The van der Waals surface area contributed by atoms with Gasteiger partial charge in [0.25, 0.3) is 10.0 Å². The Morgan fingerprint density at radius 3 is 2.53 bits per heavy atom.